The largest absolute Gasteiger partial charge is 0.383 e. The highest BCUT2D eigenvalue weighted by Crippen LogP contribution is 2.31. The molecule has 0 atom stereocenters. The monoisotopic (exact) mass is 374 g/mol. The highest BCUT2D eigenvalue weighted by atomic mass is 32.1. The second-order valence-electron chi connectivity index (χ2n) is 6.63. The van der Waals surface area contributed by atoms with Crippen LogP contribution in [0.25, 0.3) is 10.2 Å². The summed E-state index contributed by atoms with van der Waals surface area (Å²) in [5.74, 6) is -0.124. The van der Waals surface area contributed by atoms with Gasteiger partial charge in [-0.25, -0.2) is 9.78 Å². The molecule has 0 aliphatic carbocycles. The zero-order valence-corrected chi connectivity index (χ0v) is 15.6. The first kappa shape index (κ1) is 17.2. The van der Waals surface area contributed by atoms with Gasteiger partial charge in [0.2, 0.25) is 5.91 Å². The molecule has 8 heteroatoms. The van der Waals surface area contributed by atoms with Crippen LogP contribution in [-0.4, -0.2) is 72.7 Å². The molecular formula is C18H22N4O3S. The maximum Gasteiger partial charge on any atom is 0.327 e. The molecule has 2 saturated heterocycles. The molecule has 2 aromatic rings. The van der Waals surface area contributed by atoms with Crippen LogP contribution in [0.3, 0.4) is 0 Å². The van der Waals surface area contributed by atoms with Gasteiger partial charge in [-0.3, -0.25) is 9.69 Å². The predicted molar refractivity (Wildman–Crippen MR) is 101 cm³/mol. The maximum absolute atomic E-state index is 12.5. The second kappa shape index (κ2) is 7.20. The number of imide groups is 1. The zero-order chi connectivity index (χ0) is 18.1. The molecule has 4 rings (SSSR count). The predicted octanol–water partition coefficient (Wildman–Crippen LogP) is 2.18. The van der Waals surface area contributed by atoms with Crippen LogP contribution in [-0.2, 0) is 9.53 Å². The number of rotatable bonds is 5. The van der Waals surface area contributed by atoms with Crippen molar-refractivity contribution in [2.45, 2.75) is 18.9 Å². The Hall–Kier alpha value is -2.19. The van der Waals surface area contributed by atoms with Crippen molar-refractivity contribution in [1.82, 2.24) is 14.8 Å². The number of anilines is 1. The molecule has 1 aromatic heterocycles. The number of hydrogen-bond donors (Lipinski definition) is 0. The number of hydrogen-bond acceptors (Lipinski definition) is 6. The van der Waals surface area contributed by atoms with Gasteiger partial charge in [0.15, 0.2) is 5.13 Å². The standard InChI is InChI=1S/C18H22N4O3S/c1-25-11-10-21-16(23)12-22(18(21)24)13-6-8-20(9-7-13)17-19-14-4-2-3-5-15(14)26-17/h2-5,13H,6-12H2,1H3. The van der Waals surface area contributed by atoms with E-state index in [1.54, 1.807) is 23.3 Å². The van der Waals surface area contributed by atoms with E-state index in [0.717, 1.165) is 36.6 Å². The second-order valence-corrected chi connectivity index (χ2v) is 7.64. The minimum Gasteiger partial charge on any atom is -0.383 e. The quantitative estimate of drug-likeness (QED) is 0.751. The number of para-hydroxylation sites is 1. The summed E-state index contributed by atoms with van der Waals surface area (Å²) in [5.41, 5.74) is 1.03. The smallest absolute Gasteiger partial charge is 0.327 e. The minimum absolute atomic E-state index is 0.115. The first-order chi connectivity index (χ1) is 12.7. The highest BCUT2D eigenvalue weighted by Gasteiger charge is 2.40. The molecule has 2 aliphatic rings. The average Bonchev–Trinajstić information content (AvgIpc) is 3.21. The molecule has 0 saturated carbocycles. The van der Waals surface area contributed by atoms with Gasteiger partial charge in [0.05, 0.1) is 23.4 Å². The van der Waals surface area contributed by atoms with Gasteiger partial charge in [0.1, 0.15) is 6.54 Å². The van der Waals surface area contributed by atoms with E-state index in [0.29, 0.717) is 13.2 Å². The number of aromatic nitrogens is 1. The van der Waals surface area contributed by atoms with Gasteiger partial charge in [0, 0.05) is 26.2 Å². The molecule has 3 amide bonds. The van der Waals surface area contributed by atoms with E-state index in [-0.39, 0.29) is 24.5 Å². The Morgan fingerprint density at radius 3 is 2.73 bits per heavy atom. The van der Waals surface area contributed by atoms with Gasteiger partial charge in [0.25, 0.3) is 0 Å². The van der Waals surface area contributed by atoms with Crippen molar-refractivity contribution < 1.29 is 14.3 Å². The Kier molecular flexibility index (Phi) is 4.78. The zero-order valence-electron chi connectivity index (χ0n) is 14.8. The van der Waals surface area contributed by atoms with E-state index in [2.05, 4.69) is 11.0 Å². The number of benzene rings is 1. The van der Waals surface area contributed by atoms with E-state index >= 15 is 0 Å². The summed E-state index contributed by atoms with van der Waals surface area (Å²) in [4.78, 5) is 34.7. The van der Waals surface area contributed by atoms with Gasteiger partial charge in [-0.1, -0.05) is 23.5 Å². The lowest BCUT2D eigenvalue weighted by molar-refractivity contribution is -0.125. The van der Waals surface area contributed by atoms with Gasteiger partial charge in [-0.2, -0.15) is 0 Å². The van der Waals surface area contributed by atoms with Crippen molar-refractivity contribution in [2.75, 3.05) is 44.8 Å². The van der Waals surface area contributed by atoms with Gasteiger partial charge in [-0.05, 0) is 25.0 Å². The number of methoxy groups -OCH3 is 1. The van der Waals surface area contributed by atoms with Crippen LogP contribution in [0.15, 0.2) is 24.3 Å². The number of fused-ring (bicyclic) bond motifs is 1. The number of carbonyl (C=O) groups is 2. The average molecular weight is 374 g/mol. The Morgan fingerprint density at radius 1 is 1.23 bits per heavy atom. The number of carbonyl (C=O) groups excluding carboxylic acids is 2. The molecule has 2 aliphatic heterocycles. The van der Waals surface area contributed by atoms with Crippen LogP contribution in [0, 0.1) is 0 Å². The lowest BCUT2D eigenvalue weighted by Crippen LogP contribution is -2.46. The SMILES string of the molecule is COCCN1C(=O)CN(C2CCN(c3nc4ccccc4s3)CC2)C1=O. The van der Waals surface area contributed by atoms with Crippen molar-refractivity contribution in [3.63, 3.8) is 0 Å². The number of thiazole rings is 1. The Bertz CT molecular complexity index is 783. The summed E-state index contributed by atoms with van der Waals surface area (Å²) in [6.45, 7) is 2.59. The Labute approximate surface area is 156 Å². The number of urea groups is 1. The van der Waals surface area contributed by atoms with Crippen molar-refractivity contribution in [3.8, 4) is 0 Å². The molecular weight excluding hydrogens is 352 g/mol. The Morgan fingerprint density at radius 2 is 2.00 bits per heavy atom. The van der Waals surface area contributed by atoms with Crippen LogP contribution in [0.1, 0.15) is 12.8 Å². The van der Waals surface area contributed by atoms with E-state index in [1.165, 1.54) is 9.60 Å². The van der Waals surface area contributed by atoms with Gasteiger partial charge < -0.3 is 14.5 Å². The number of piperidine rings is 1. The third-order valence-corrected chi connectivity index (χ3v) is 6.16. The summed E-state index contributed by atoms with van der Waals surface area (Å²) in [6.07, 6.45) is 1.71. The van der Waals surface area contributed by atoms with Crippen molar-refractivity contribution in [1.29, 1.82) is 0 Å². The first-order valence-corrected chi connectivity index (χ1v) is 9.69. The fourth-order valence-corrected chi connectivity index (χ4v) is 4.63. The summed E-state index contributed by atoms with van der Waals surface area (Å²) < 4.78 is 6.19. The molecule has 0 spiro atoms. The normalized spacial score (nSPS) is 19.2. The molecule has 0 bridgehead atoms. The van der Waals surface area contributed by atoms with Crippen LogP contribution in [0.2, 0.25) is 0 Å². The minimum atomic E-state index is -0.175. The number of ether oxygens (including phenoxy) is 1. The first-order valence-electron chi connectivity index (χ1n) is 8.88. The summed E-state index contributed by atoms with van der Waals surface area (Å²) in [5, 5.41) is 1.04. The lowest BCUT2D eigenvalue weighted by Gasteiger charge is -2.36. The van der Waals surface area contributed by atoms with Crippen molar-refractivity contribution in [2.24, 2.45) is 0 Å². The molecule has 138 valence electrons. The topological polar surface area (TPSA) is 66.0 Å². The third kappa shape index (κ3) is 3.14. The van der Waals surface area contributed by atoms with Crippen LogP contribution < -0.4 is 4.90 Å². The van der Waals surface area contributed by atoms with E-state index in [9.17, 15) is 9.59 Å². The Balaban J connectivity index is 1.39. The van der Waals surface area contributed by atoms with Crippen LogP contribution in [0.4, 0.5) is 9.93 Å². The fraction of sp³-hybridized carbons (Fsp3) is 0.500. The van der Waals surface area contributed by atoms with Crippen LogP contribution >= 0.6 is 11.3 Å². The lowest BCUT2D eigenvalue weighted by atomic mass is 10.0. The summed E-state index contributed by atoms with van der Waals surface area (Å²) in [7, 11) is 1.57. The molecule has 2 fully saturated rings. The molecule has 3 heterocycles. The van der Waals surface area contributed by atoms with E-state index < -0.39 is 0 Å². The van der Waals surface area contributed by atoms with Crippen LogP contribution in [0.5, 0.6) is 0 Å². The van der Waals surface area contributed by atoms with Crippen molar-refractivity contribution >= 4 is 38.6 Å². The summed E-state index contributed by atoms with van der Waals surface area (Å²) >= 11 is 1.71. The molecule has 1 aromatic carbocycles. The van der Waals surface area contributed by atoms with Gasteiger partial charge >= 0.3 is 6.03 Å². The molecule has 7 nitrogen and oxygen atoms in total. The molecule has 0 radical (unpaired) electrons. The highest BCUT2D eigenvalue weighted by molar-refractivity contribution is 7.22. The van der Waals surface area contributed by atoms with E-state index in [1.807, 2.05) is 18.2 Å². The fourth-order valence-electron chi connectivity index (χ4n) is 3.61. The maximum atomic E-state index is 12.5. The molecule has 0 N–H and O–H groups in total. The molecule has 26 heavy (non-hydrogen) atoms. The number of nitrogens with zero attached hydrogens (tertiary/aromatic N) is 4. The number of amides is 3. The van der Waals surface area contributed by atoms with Gasteiger partial charge in [-0.15, -0.1) is 0 Å². The molecule has 0 unspecified atom stereocenters. The third-order valence-electron chi connectivity index (χ3n) is 5.06. The van der Waals surface area contributed by atoms with Crippen molar-refractivity contribution in [3.05, 3.63) is 24.3 Å². The summed E-state index contributed by atoms with van der Waals surface area (Å²) in [6, 6.07) is 8.10. The van der Waals surface area contributed by atoms with E-state index in [4.69, 9.17) is 9.72 Å².